The highest BCUT2D eigenvalue weighted by Crippen LogP contribution is 2.30. The lowest BCUT2D eigenvalue weighted by Gasteiger charge is -2.00. The van der Waals surface area contributed by atoms with Crippen molar-refractivity contribution in [2.24, 2.45) is 0 Å². The molecule has 2 N–H and O–H groups in total. The molecule has 0 spiro atoms. The van der Waals surface area contributed by atoms with Gasteiger partial charge in [0, 0.05) is 29.6 Å². The molecule has 0 atom stereocenters. The van der Waals surface area contributed by atoms with Crippen LogP contribution in [0, 0.1) is 22.5 Å². The fraction of sp³-hybridized carbons (Fsp3) is 0.154. The lowest BCUT2D eigenvalue weighted by molar-refractivity contribution is -0.383. The molecule has 0 fully saturated rings. The number of carbonyl (C=O) groups is 1. The van der Waals surface area contributed by atoms with E-state index in [1.54, 1.807) is 6.20 Å². The molecule has 0 aliphatic carbocycles. The molecule has 2 aromatic rings. The molecule has 0 aliphatic rings. The van der Waals surface area contributed by atoms with Crippen molar-refractivity contribution >= 4 is 22.6 Å². The summed E-state index contributed by atoms with van der Waals surface area (Å²) in [6, 6.07) is 2.84. The number of terminal acetylenes is 1. The molecule has 96 valence electrons. The van der Waals surface area contributed by atoms with Crippen LogP contribution in [0.3, 0.4) is 0 Å². The Bertz CT molecular complexity index is 709. The van der Waals surface area contributed by atoms with Crippen molar-refractivity contribution in [1.29, 1.82) is 0 Å². The predicted molar refractivity (Wildman–Crippen MR) is 68.8 cm³/mol. The molecule has 0 radical (unpaired) electrons. The van der Waals surface area contributed by atoms with Gasteiger partial charge in [0.2, 0.25) is 0 Å². The smallest absolute Gasteiger partial charge is 0.303 e. The fourth-order valence-corrected chi connectivity index (χ4v) is 2.01. The summed E-state index contributed by atoms with van der Waals surface area (Å²) in [6.45, 7) is 0. The molecule has 6 nitrogen and oxygen atoms in total. The van der Waals surface area contributed by atoms with E-state index in [9.17, 15) is 14.9 Å². The number of hydrogen-bond donors (Lipinski definition) is 2. The minimum Gasteiger partial charge on any atom is -0.481 e. The topological polar surface area (TPSA) is 96.2 Å². The Balaban J connectivity index is 2.62. The molecule has 0 unspecified atom stereocenters. The Hall–Kier alpha value is -2.81. The van der Waals surface area contributed by atoms with E-state index in [1.165, 1.54) is 12.1 Å². The van der Waals surface area contributed by atoms with Crippen LogP contribution in [0.1, 0.15) is 17.5 Å². The van der Waals surface area contributed by atoms with Crippen molar-refractivity contribution in [3.8, 4) is 12.3 Å². The largest absolute Gasteiger partial charge is 0.481 e. The Morgan fingerprint density at radius 2 is 2.26 bits per heavy atom. The number of nitro groups is 1. The molecule has 0 aliphatic heterocycles. The maximum atomic E-state index is 10.9. The molecular formula is C13H10N2O4. The lowest BCUT2D eigenvalue weighted by atomic mass is 10.0. The van der Waals surface area contributed by atoms with E-state index < -0.39 is 10.9 Å². The van der Waals surface area contributed by atoms with E-state index in [-0.39, 0.29) is 18.5 Å². The molecule has 0 saturated carbocycles. The van der Waals surface area contributed by atoms with Gasteiger partial charge in [-0.05, 0) is 18.1 Å². The second-order valence-electron chi connectivity index (χ2n) is 3.99. The second kappa shape index (κ2) is 4.82. The van der Waals surface area contributed by atoms with Crippen LogP contribution in [0.4, 0.5) is 5.69 Å². The summed E-state index contributed by atoms with van der Waals surface area (Å²) in [5, 5.41) is 20.2. The maximum absolute atomic E-state index is 10.9. The van der Waals surface area contributed by atoms with Gasteiger partial charge in [0.25, 0.3) is 5.69 Å². The Morgan fingerprint density at radius 3 is 2.84 bits per heavy atom. The predicted octanol–water partition coefficient (Wildman–Crippen LogP) is 2.07. The van der Waals surface area contributed by atoms with E-state index in [0.29, 0.717) is 22.0 Å². The Labute approximate surface area is 108 Å². The highest BCUT2D eigenvalue weighted by Gasteiger charge is 2.18. The normalized spacial score (nSPS) is 10.3. The molecule has 0 saturated heterocycles. The number of carboxylic acids is 1. The number of nitrogens with one attached hydrogen (secondary N) is 1. The van der Waals surface area contributed by atoms with Crippen LogP contribution in [0.5, 0.6) is 0 Å². The molecule has 0 bridgehead atoms. The zero-order valence-corrected chi connectivity index (χ0v) is 9.84. The molecule has 1 aromatic carbocycles. The van der Waals surface area contributed by atoms with Gasteiger partial charge >= 0.3 is 5.97 Å². The number of nitro benzene ring substituents is 1. The summed E-state index contributed by atoms with van der Waals surface area (Å²) in [5.74, 6) is 1.53. The first-order valence-corrected chi connectivity index (χ1v) is 5.50. The number of H-pyrrole nitrogens is 1. The molecule has 2 rings (SSSR count). The van der Waals surface area contributed by atoms with Gasteiger partial charge in [0.15, 0.2) is 0 Å². The van der Waals surface area contributed by atoms with Gasteiger partial charge in [0.05, 0.1) is 4.92 Å². The van der Waals surface area contributed by atoms with Crippen LogP contribution in [-0.2, 0) is 11.2 Å². The number of non-ortho nitro benzene ring substituents is 1. The maximum Gasteiger partial charge on any atom is 0.303 e. The monoisotopic (exact) mass is 258 g/mol. The quantitative estimate of drug-likeness (QED) is 0.498. The number of aliphatic carboxylic acids is 1. The average molecular weight is 258 g/mol. The zero-order valence-electron chi connectivity index (χ0n) is 9.84. The van der Waals surface area contributed by atoms with Gasteiger partial charge in [-0.25, -0.2) is 0 Å². The summed E-state index contributed by atoms with van der Waals surface area (Å²) >= 11 is 0. The number of benzene rings is 1. The van der Waals surface area contributed by atoms with Gasteiger partial charge in [0.1, 0.15) is 5.52 Å². The van der Waals surface area contributed by atoms with Crippen molar-refractivity contribution in [3.63, 3.8) is 0 Å². The van der Waals surface area contributed by atoms with Crippen molar-refractivity contribution in [2.75, 3.05) is 0 Å². The van der Waals surface area contributed by atoms with Crippen LogP contribution in [0.25, 0.3) is 10.9 Å². The zero-order chi connectivity index (χ0) is 14.0. The van der Waals surface area contributed by atoms with Gasteiger partial charge in [-0.15, -0.1) is 6.42 Å². The van der Waals surface area contributed by atoms with Crippen LogP contribution in [0.2, 0.25) is 0 Å². The first-order valence-electron chi connectivity index (χ1n) is 5.50. The molecule has 19 heavy (non-hydrogen) atoms. The third-order valence-corrected chi connectivity index (χ3v) is 2.86. The number of aromatic amines is 1. The number of aryl methyl sites for hydroxylation is 1. The van der Waals surface area contributed by atoms with E-state index in [0.717, 1.165) is 0 Å². The fourth-order valence-electron chi connectivity index (χ4n) is 2.01. The standard InChI is InChI=1S/C13H10N2O4/c1-2-8-3-5-10(15(18)19)13-12(8)9(7-14-13)4-6-11(16)17/h1,3,5,7,14H,4,6H2,(H,16,17). The van der Waals surface area contributed by atoms with Gasteiger partial charge in [-0.2, -0.15) is 0 Å². The number of nitrogens with zero attached hydrogens (tertiary/aromatic N) is 1. The highest BCUT2D eigenvalue weighted by molar-refractivity contribution is 5.95. The summed E-state index contributed by atoms with van der Waals surface area (Å²) < 4.78 is 0. The van der Waals surface area contributed by atoms with E-state index in [4.69, 9.17) is 11.5 Å². The van der Waals surface area contributed by atoms with Crippen LogP contribution in [0.15, 0.2) is 18.3 Å². The number of hydrogen-bond acceptors (Lipinski definition) is 3. The summed E-state index contributed by atoms with van der Waals surface area (Å²) in [4.78, 5) is 23.8. The van der Waals surface area contributed by atoms with Gasteiger partial charge < -0.3 is 10.1 Å². The number of carboxylic acid groups (broad SMARTS) is 1. The third kappa shape index (κ3) is 2.26. The van der Waals surface area contributed by atoms with Crippen LogP contribution < -0.4 is 0 Å². The summed E-state index contributed by atoms with van der Waals surface area (Å²) in [6.07, 6.45) is 7.16. The Kier molecular flexibility index (Phi) is 3.21. The van der Waals surface area contributed by atoms with Gasteiger partial charge in [-0.3, -0.25) is 14.9 Å². The Morgan fingerprint density at radius 1 is 1.53 bits per heavy atom. The second-order valence-corrected chi connectivity index (χ2v) is 3.99. The summed E-state index contributed by atoms with van der Waals surface area (Å²) in [5.41, 5.74) is 1.45. The van der Waals surface area contributed by atoms with Crippen molar-refractivity contribution in [2.45, 2.75) is 12.8 Å². The van der Waals surface area contributed by atoms with Gasteiger partial charge in [-0.1, -0.05) is 5.92 Å². The summed E-state index contributed by atoms with van der Waals surface area (Å²) in [7, 11) is 0. The highest BCUT2D eigenvalue weighted by atomic mass is 16.6. The van der Waals surface area contributed by atoms with Crippen LogP contribution in [-0.4, -0.2) is 21.0 Å². The number of rotatable bonds is 4. The first-order chi connectivity index (χ1) is 9.04. The van der Waals surface area contributed by atoms with E-state index in [2.05, 4.69) is 10.9 Å². The van der Waals surface area contributed by atoms with E-state index >= 15 is 0 Å². The third-order valence-electron chi connectivity index (χ3n) is 2.86. The molecule has 1 heterocycles. The van der Waals surface area contributed by atoms with Crippen molar-refractivity contribution in [1.82, 2.24) is 4.98 Å². The molecular weight excluding hydrogens is 248 g/mol. The minimum absolute atomic E-state index is 0.0559. The van der Waals surface area contributed by atoms with Crippen molar-refractivity contribution < 1.29 is 14.8 Å². The average Bonchev–Trinajstić information content (AvgIpc) is 2.78. The molecule has 1 aromatic heterocycles. The number of fused-ring (bicyclic) bond motifs is 1. The first kappa shape index (κ1) is 12.6. The minimum atomic E-state index is -0.929. The van der Waals surface area contributed by atoms with E-state index in [1.807, 2.05) is 0 Å². The molecule has 6 heteroatoms. The SMILES string of the molecule is C#Cc1ccc([N+](=O)[O-])c2[nH]cc(CCC(=O)O)c12. The van der Waals surface area contributed by atoms with Crippen LogP contribution >= 0.6 is 0 Å². The lowest BCUT2D eigenvalue weighted by Crippen LogP contribution is -1.97. The number of aromatic nitrogens is 1. The molecule has 0 amide bonds. The van der Waals surface area contributed by atoms with Crippen molar-refractivity contribution in [3.05, 3.63) is 39.6 Å².